The number of anilines is 1. The molecule has 0 aromatic carbocycles. The predicted octanol–water partition coefficient (Wildman–Crippen LogP) is 0.556. The van der Waals surface area contributed by atoms with Crippen molar-refractivity contribution in [2.75, 3.05) is 5.73 Å². The summed E-state index contributed by atoms with van der Waals surface area (Å²) in [4.78, 5) is 0. The first-order valence-corrected chi connectivity index (χ1v) is 4.43. The lowest BCUT2D eigenvalue weighted by Crippen LogP contribution is -2.02. The van der Waals surface area contributed by atoms with Crippen LogP contribution in [0.2, 0.25) is 0 Å². The molecule has 2 N–H and O–H groups in total. The van der Waals surface area contributed by atoms with Crippen molar-refractivity contribution in [3.63, 3.8) is 0 Å². The summed E-state index contributed by atoms with van der Waals surface area (Å²) in [5, 5.41) is 8.28. The van der Waals surface area contributed by atoms with E-state index < -0.39 is 0 Å². The van der Waals surface area contributed by atoms with Crippen LogP contribution in [0.15, 0.2) is 18.5 Å². The molecule has 5 heteroatoms. The normalized spacial score (nSPS) is 10.7. The number of nitrogens with zero attached hydrogens (tertiary/aromatic N) is 4. The Morgan fingerprint density at radius 1 is 1.50 bits per heavy atom. The lowest BCUT2D eigenvalue weighted by Gasteiger charge is -2.00. The van der Waals surface area contributed by atoms with Crippen LogP contribution in [0.3, 0.4) is 0 Å². The summed E-state index contributed by atoms with van der Waals surface area (Å²) in [6, 6.07) is 1.78. The van der Waals surface area contributed by atoms with Crippen molar-refractivity contribution >= 4 is 5.82 Å². The van der Waals surface area contributed by atoms with Crippen molar-refractivity contribution in [1.82, 2.24) is 19.6 Å². The fraction of sp³-hybridized carbons (Fsp3) is 0.333. The molecule has 0 unspecified atom stereocenters. The van der Waals surface area contributed by atoms with E-state index in [0.29, 0.717) is 5.82 Å². The number of rotatable bonds is 2. The quantitative estimate of drug-likeness (QED) is 0.754. The van der Waals surface area contributed by atoms with Crippen LogP contribution in [0.5, 0.6) is 0 Å². The van der Waals surface area contributed by atoms with Crippen molar-refractivity contribution < 1.29 is 0 Å². The zero-order valence-corrected chi connectivity index (χ0v) is 8.31. The molecule has 0 radical (unpaired) electrons. The van der Waals surface area contributed by atoms with Gasteiger partial charge in [0.1, 0.15) is 5.82 Å². The van der Waals surface area contributed by atoms with E-state index in [1.807, 2.05) is 31.0 Å². The van der Waals surface area contributed by atoms with E-state index in [4.69, 9.17) is 5.73 Å². The number of aryl methyl sites for hydroxylation is 1. The molecule has 0 atom stereocenters. The highest BCUT2D eigenvalue weighted by Crippen LogP contribution is 2.08. The largest absolute Gasteiger partial charge is 0.382 e. The van der Waals surface area contributed by atoms with Crippen LogP contribution < -0.4 is 5.73 Å². The van der Waals surface area contributed by atoms with Crippen LogP contribution in [0, 0.1) is 6.92 Å². The Morgan fingerprint density at radius 3 is 2.79 bits per heavy atom. The maximum atomic E-state index is 5.52. The second kappa shape index (κ2) is 3.17. The molecule has 0 aliphatic heterocycles. The summed E-state index contributed by atoms with van der Waals surface area (Å²) in [6.07, 6.45) is 3.72. The molecule has 14 heavy (non-hydrogen) atoms. The van der Waals surface area contributed by atoms with E-state index in [2.05, 4.69) is 10.2 Å². The van der Waals surface area contributed by atoms with E-state index >= 15 is 0 Å². The van der Waals surface area contributed by atoms with Crippen LogP contribution >= 0.6 is 0 Å². The van der Waals surface area contributed by atoms with Gasteiger partial charge in [-0.05, 0) is 13.0 Å². The molecule has 2 aromatic heterocycles. The van der Waals surface area contributed by atoms with Crippen molar-refractivity contribution in [2.24, 2.45) is 7.05 Å². The van der Waals surface area contributed by atoms with Crippen LogP contribution in [0.25, 0.3) is 0 Å². The first kappa shape index (κ1) is 8.80. The number of hydrogen-bond acceptors (Lipinski definition) is 3. The monoisotopic (exact) mass is 191 g/mol. The standard InChI is InChI=1S/C9H13N5/c1-7-8(5-11-13(7)2)6-14-4-3-9(10)12-14/h3-5H,6H2,1-2H3,(H2,10,12). The number of aromatic nitrogens is 4. The van der Waals surface area contributed by atoms with Crippen LogP contribution in [0.4, 0.5) is 5.82 Å². The Hall–Kier alpha value is -1.78. The van der Waals surface area contributed by atoms with Crippen molar-refractivity contribution in [2.45, 2.75) is 13.5 Å². The van der Waals surface area contributed by atoms with Crippen LogP contribution in [-0.2, 0) is 13.6 Å². The Bertz CT molecular complexity index is 440. The highest BCUT2D eigenvalue weighted by Gasteiger charge is 2.04. The van der Waals surface area contributed by atoms with E-state index in [0.717, 1.165) is 17.8 Å². The van der Waals surface area contributed by atoms with E-state index in [1.54, 1.807) is 10.7 Å². The summed E-state index contributed by atoms with van der Waals surface area (Å²) >= 11 is 0. The minimum Gasteiger partial charge on any atom is -0.382 e. The summed E-state index contributed by atoms with van der Waals surface area (Å²) in [5.41, 5.74) is 7.84. The third-order valence-electron chi connectivity index (χ3n) is 2.33. The average molecular weight is 191 g/mol. The summed E-state index contributed by atoms with van der Waals surface area (Å²) in [6.45, 7) is 2.76. The first-order valence-electron chi connectivity index (χ1n) is 4.43. The summed E-state index contributed by atoms with van der Waals surface area (Å²) in [5.74, 6) is 0.548. The van der Waals surface area contributed by atoms with Gasteiger partial charge in [-0.15, -0.1) is 0 Å². The fourth-order valence-electron chi connectivity index (χ4n) is 1.34. The zero-order valence-electron chi connectivity index (χ0n) is 8.31. The molecule has 2 heterocycles. The molecule has 2 rings (SSSR count). The van der Waals surface area contributed by atoms with E-state index in [-0.39, 0.29) is 0 Å². The van der Waals surface area contributed by atoms with Gasteiger partial charge in [0, 0.05) is 24.5 Å². The number of hydrogen-bond donors (Lipinski definition) is 1. The van der Waals surface area contributed by atoms with Gasteiger partial charge < -0.3 is 5.73 Å². The van der Waals surface area contributed by atoms with Gasteiger partial charge in [-0.3, -0.25) is 9.36 Å². The van der Waals surface area contributed by atoms with E-state index in [9.17, 15) is 0 Å². The molecule has 74 valence electrons. The molecule has 5 nitrogen and oxygen atoms in total. The van der Waals surface area contributed by atoms with Gasteiger partial charge in [0.15, 0.2) is 0 Å². The predicted molar refractivity (Wildman–Crippen MR) is 53.7 cm³/mol. The summed E-state index contributed by atoms with van der Waals surface area (Å²) in [7, 11) is 1.93. The van der Waals surface area contributed by atoms with E-state index in [1.165, 1.54) is 0 Å². The molecule has 0 bridgehead atoms. The number of nitrogens with two attached hydrogens (primary N) is 1. The maximum Gasteiger partial charge on any atom is 0.145 e. The lowest BCUT2D eigenvalue weighted by molar-refractivity contribution is 0.681. The maximum absolute atomic E-state index is 5.52. The number of nitrogen functional groups attached to an aromatic ring is 1. The van der Waals surface area contributed by atoms with Gasteiger partial charge in [0.2, 0.25) is 0 Å². The SMILES string of the molecule is Cc1c(Cn2ccc(N)n2)cnn1C. The van der Waals surface area contributed by atoms with Crippen molar-refractivity contribution in [3.05, 3.63) is 29.7 Å². The third-order valence-corrected chi connectivity index (χ3v) is 2.33. The Balaban J connectivity index is 2.22. The second-order valence-corrected chi connectivity index (χ2v) is 3.32. The molecule has 0 fully saturated rings. The molecule has 2 aromatic rings. The first-order chi connectivity index (χ1) is 6.66. The average Bonchev–Trinajstić information content (AvgIpc) is 2.67. The highest BCUT2D eigenvalue weighted by molar-refractivity contribution is 5.25. The molecule has 0 saturated carbocycles. The molecule has 0 spiro atoms. The lowest BCUT2D eigenvalue weighted by atomic mass is 10.2. The van der Waals surface area contributed by atoms with Gasteiger partial charge in [-0.2, -0.15) is 10.2 Å². The van der Waals surface area contributed by atoms with Gasteiger partial charge in [0.25, 0.3) is 0 Å². The molecule has 0 aliphatic carbocycles. The Morgan fingerprint density at radius 2 is 2.29 bits per heavy atom. The van der Waals surface area contributed by atoms with Crippen LogP contribution in [0.1, 0.15) is 11.3 Å². The zero-order chi connectivity index (χ0) is 10.1. The highest BCUT2D eigenvalue weighted by atomic mass is 15.3. The Kier molecular flexibility index (Phi) is 1.99. The van der Waals surface area contributed by atoms with Crippen LogP contribution in [-0.4, -0.2) is 19.6 Å². The third kappa shape index (κ3) is 1.48. The van der Waals surface area contributed by atoms with Gasteiger partial charge >= 0.3 is 0 Å². The van der Waals surface area contributed by atoms with Gasteiger partial charge in [-0.1, -0.05) is 0 Å². The summed E-state index contributed by atoms with van der Waals surface area (Å²) < 4.78 is 3.65. The molecule has 0 saturated heterocycles. The Labute approximate surface area is 82.1 Å². The molecular weight excluding hydrogens is 178 g/mol. The van der Waals surface area contributed by atoms with Crippen molar-refractivity contribution in [1.29, 1.82) is 0 Å². The molecule has 0 aliphatic rings. The minimum atomic E-state index is 0.548. The molecule has 0 amide bonds. The smallest absolute Gasteiger partial charge is 0.145 e. The van der Waals surface area contributed by atoms with Gasteiger partial charge in [0.05, 0.1) is 12.7 Å². The second-order valence-electron chi connectivity index (χ2n) is 3.32. The minimum absolute atomic E-state index is 0.548. The topological polar surface area (TPSA) is 61.7 Å². The van der Waals surface area contributed by atoms with Crippen molar-refractivity contribution in [3.8, 4) is 0 Å². The fourth-order valence-corrected chi connectivity index (χ4v) is 1.34. The molecular formula is C9H13N5. The van der Waals surface area contributed by atoms with Gasteiger partial charge in [-0.25, -0.2) is 0 Å².